The molecule has 0 spiro atoms. The molecule has 0 aliphatic carbocycles. The monoisotopic (exact) mass is 262 g/mol. The molecule has 0 atom stereocenters. The van der Waals surface area contributed by atoms with Crippen molar-refractivity contribution in [2.45, 2.75) is 6.61 Å². The van der Waals surface area contributed by atoms with E-state index in [1.54, 1.807) is 24.3 Å². The number of halogens is 1. The molecule has 0 saturated heterocycles. The molecule has 0 fully saturated rings. The van der Waals surface area contributed by atoms with Crippen LogP contribution in [-0.4, -0.2) is 17.2 Å². The largest absolute Gasteiger partial charge is 0.489 e. The second-order valence-corrected chi connectivity index (χ2v) is 4.23. The molecule has 5 heteroatoms. The van der Waals surface area contributed by atoms with Crippen LogP contribution < -0.4 is 10.2 Å². The minimum absolute atomic E-state index is 0.376. The average Bonchev–Trinajstić information content (AvgIpc) is 2.38. The van der Waals surface area contributed by atoms with Crippen LogP contribution in [0.1, 0.15) is 5.56 Å². The second kappa shape index (κ2) is 5.91. The lowest BCUT2D eigenvalue weighted by molar-refractivity contribution is 0.306. The zero-order chi connectivity index (χ0) is 13.0. The molecule has 18 heavy (non-hydrogen) atoms. The summed E-state index contributed by atoms with van der Waals surface area (Å²) in [6.45, 7) is 0.376. The Morgan fingerprint density at radius 3 is 2.28 bits per heavy atom. The topological polar surface area (TPSA) is 49.7 Å². The molecule has 0 radical (unpaired) electrons. The van der Waals surface area contributed by atoms with Gasteiger partial charge < -0.3 is 14.8 Å². The highest BCUT2D eigenvalue weighted by Gasteiger charge is 2.10. The Morgan fingerprint density at radius 1 is 1.00 bits per heavy atom. The molecule has 3 nitrogen and oxygen atoms in total. The number of hydrogen-bond donors (Lipinski definition) is 2. The molecule has 0 heterocycles. The molecule has 0 saturated carbocycles. The fraction of sp³-hybridized carbons (Fsp3) is 0.0769. The predicted octanol–water partition coefficient (Wildman–Crippen LogP) is 1.60. The van der Waals surface area contributed by atoms with Crippen LogP contribution in [0.5, 0.6) is 5.75 Å². The van der Waals surface area contributed by atoms with Crippen LogP contribution in [0, 0.1) is 0 Å². The van der Waals surface area contributed by atoms with Crippen LogP contribution in [-0.2, 0) is 6.61 Å². The maximum absolute atomic E-state index is 8.96. The second-order valence-electron chi connectivity index (χ2n) is 3.82. The molecule has 0 aliphatic rings. The van der Waals surface area contributed by atoms with Crippen LogP contribution in [0.15, 0.2) is 48.5 Å². The van der Waals surface area contributed by atoms with Crippen molar-refractivity contribution in [2.24, 2.45) is 0 Å². The van der Waals surface area contributed by atoms with Gasteiger partial charge in [-0.1, -0.05) is 41.9 Å². The van der Waals surface area contributed by atoms with Crippen molar-refractivity contribution in [3.05, 3.63) is 59.1 Å². The van der Waals surface area contributed by atoms with E-state index in [1.165, 1.54) is 0 Å². The first kappa shape index (κ1) is 13.0. The Kier molecular flexibility index (Phi) is 4.26. The SMILES string of the molecule is OB(O)c1ccc(OCc2ccccc2Cl)cc1. The quantitative estimate of drug-likeness (QED) is 0.823. The predicted molar refractivity (Wildman–Crippen MR) is 72.1 cm³/mol. The van der Waals surface area contributed by atoms with Gasteiger partial charge in [0, 0.05) is 10.6 Å². The lowest BCUT2D eigenvalue weighted by Gasteiger charge is -2.08. The van der Waals surface area contributed by atoms with Crippen molar-refractivity contribution in [1.82, 2.24) is 0 Å². The van der Waals surface area contributed by atoms with Gasteiger partial charge in [-0.15, -0.1) is 0 Å². The standard InChI is InChI=1S/C13H12BClO3/c15-13-4-2-1-3-10(13)9-18-12-7-5-11(6-8-12)14(16)17/h1-8,16-17H,9H2. The van der Waals surface area contributed by atoms with Gasteiger partial charge in [0.1, 0.15) is 12.4 Å². The first-order valence-corrected chi connectivity index (χ1v) is 5.87. The molecule has 0 unspecified atom stereocenters. The molecule has 0 aliphatic heterocycles. The van der Waals surface area contributed by atoms with Crippen molar-refractivity contribution in [1.29, 1.82) is 0 Å². The number of benzene rings is 2. The summed E-state index contributed by atoms with van der Waals surface area (Å²) < 4.78 is 5.56. The van der Waals surface area contributed by atoms with E-state index >= 15 is 0 Å². The molecular weight excluding hydrogens is 250 g/mol. The van der Waals surface area contributed by atoms with Crippen LogP contribution >= 0.6 is 11.6 Å². The van der Waals surface area contributed by atoms with E-state index in [2.05, 4.69) is 0 Å². The Morgan fingerprint density at radius 2 is 1.67 bits per heavy atom. The summed E-state index contributed by atoms with van der Waals surface area (Å²) in [6.07, 6.45) is 0. The maximum atomic E-state index is 8.96. The number of hydrogen-bond acceptors (Lipinski definition) is 3. The van der Waals surface area contributed by atoms with E-state index < -0.39 is 7.12 Å². The summed E-state index contributed by atoms with van der Waals surface area (Å²) in [5.74, 6) is 0.652. The first-order valence-electron chi connectivity index (χ1n) is 5.49. The number of ether oxygens (including phenoxy) is 1. The number of rotatable bonds is 4. The molecular formula is C13H12BClO3. The summed E-state index contributed by atoms with van der Waals surface area (Å²) in [4.78, 5) is 0. The smallest absolute Gasteiger partial charge is 0.488 e. The van der Waals surface area contributed by atoms with Crippen molar-refractivity contribution in [3.8, 4) is 5.75 Å². The molecule has 2 aromatic carbocycles. The van der Waals surface area contributed by atoms with Gasteiger partial charge in [0.25, 0.3) is 0 Å². The Hall–Kier alpha value is -1.49. The Balaban J connectivity index is 2.00. The van der Waals surface area contributed by atoms with Gasteiger partial charge in [0.2, 0.25) is 0 Å². The zero-order valence-corrected chi connectivity index (χ0v) is 10.3. The van der Waals surface area contributed by atoms with E-state index in [-0.39, 0.29) is 0 Å². The molecule has 2 aromatic rings. The van der Waals surface area contributed by atoms with Crippen LogP contribution in [0.25, 0.3) is 0 Å². The summed E-state index contributed by atoms with van der Waals surface area (Å²) in [5, 5.41) is 18.6. The summed E-state index contributed by atoms with van der Waals surface area (Å²) in [5.41, 5.74) is 1.34. The van der Waals surface area contributed by atoms with Crippen LogP contribution in [0.2, 0.25) is 5.02 Å². The average molecular weight is 263 g/mol. The minimum atomic E-state index is -1.46. The van der Waals surface area contributed by atoms with Gasteiger partial charge in [-0.2, -0.15) is 0 Å². The van der Waals surface area contributed by atoms with Gasteiger partial charge >= 0.3 is 7.12 Å². The van der Waals surface area contributed by atoms with Crippen molar-refractivity contribution >= 4 is 24.2 Å². The third-order valence-electron chi connectivity index (χ3n) is 2.53. The van der Waals surface area contributed by atoms with Crippen molar-refractivity contribution in [3.63, 3.8) is 0 Å². The van der Waals surface area contributed by atoms with Gasteiger partial charge in [-0.05, 0) is 23.7 Å². The fourth-order valence-corrected chi connectivity index (χ4v) is 1.70. The maximum Gasteiger partial charge on any atom is 0.488 e. The minimum Gasteiger partial charge on any atom is -0.489 e. The molecule has 2 N–H and O–H groups in total. The van der Waals surface area contributed by atoms with E-state index in [1.807, 2.05) is 24.3 Å². The Labute approximate surface area is 111 Å². The van der Waals surface area contributed by atoms with E-state index in [9.17, 15) is 0 Å². The first-order chi connectivity index (χ1) is 8.66. The van der Waals surface area contributed by atoms with Crippen LogP contribution in [0.4, 0.5) is 0 Å². The summed E-state index contributed by atoms with van der Waals surface area (Å²) in [7, 11) is -1.46. The van der Waals surface area contributed by atoms with Crippen molar-refractivity contribution in [2.75, 3.05) is 0 Å². The molecule has 0 bridgehead atoms. The summed E-state index contributed by atoms with van der Waals surface area (Å²) in [6, 6.07) is 14.1. The summed E-state index contributed by atoms with van der Waals surface area (Å²) >= 11 is 6.01. The highest BCUT2D eigenvalue weighted by Crippen LogP contribution is 2.17. The zero-order valence-electron chi connectivity index (χ0n) is 9.58. The normalized spacial score (nSPS) is 10.2. The lowest BCUT2D eigenvalue weighted by atomic mass is 9.80. The fourth-order valence-electron chi connectivity index (χ4n) is 1.51. The van der Waals surface area contributed by atoms with Gasteiger partial charge in [-0.3, -0.25) is 0 Å². The van der Waals surface area contributed by atoms with E-state index in [4.69, 9.17) is 26.4 Å². The Bertz CT molecular complexity index is 514. The molecule has 2 rings (SSSR count). The van der Waals surface area contributed by atoms with E-state index in [0.717, 1.165) is 5.56 Å². The van der Waals surface area contributed by atoms with E-state index in [0.29, 0.717) is 22.8 Å². The third kappa shape index (κ3) is 3.26. The van der Waals surface area contributed by atoms with Crippen LogP contribution in [0.3, 0.4) is 0 Å². The third-order valence-corrected chi connectivity index (χ3v) is 2.90. The lowest BCUT2D eigenvalue weighted by Crippen LogP contribution is -2.29. The highest BCUT2D eigenvalue weighted by atomic mass is 35.5. The van der Waals surface area contributed by atoms with Gasteiger partial charge in [0.15, 0.2) is 0 Å². The van der Waals surface area contributed by atoms with Gasteiger partial charge in [-0.25, -0.2) is 0 Å². The molecule has 0 amide bonds. The molecule has 0 aromatic heterocycles. The van der Waals surface area contributed by atoms with Gasteiger partial charge in [0.05, 0.1) is 0 Å². The highest BCUT2D eigenvalue weighted by molar-refractivity contribution is 6.58. The van der Waals surface area contributed by atoms with Crippen molar-refractivity contribution < 1.29 is 14.8 Å². The molecule has 92 valence electrons.